The summed E-state index contributed by atoms with van der Waals surface area (Å²) in [4.78, 5) is 12.7. The SMILES string of the molecule is CC1CCN(c2ccc(CCC(=O)O)nn2)CC1. The second-order valence-electron chi connectivity index (χ2n) is 4.95. The number of rotatable bonds is 4. The van der Waals surface area contributed by atoms with Crippen LogP contribution in [0.1, 0.15) is 31.9 Å². The molecular weight excluding hydrogens is 230 g/mol. The van der Waals surface area contributed by atoms with Crippen molar-refractivity contribution in [3.8, 4) is 0 Å². The number of carboxylic acid groups (broad SMARTS) is 1. The van der Waals surface area contributed by atoms with Crippen molar-refractivity contribution in [1.29, 1.82) is 0 Å². The molecule has 0 unspecified atom stereocenters. The van der Waals surface area contributed by atoms with Gasteiger partial charge in [-0.15, -0.1) is 5.10 Å². The van der Waals surface area contributed by atoms with Crippen LogP contribution in [-0.4, -0.2) is 34.4 Å². The van der Waals surface area contributed by atoms with Crippen LogP contribution in [0.5, 0.6) is 0 Å². The minimum atomic E-state index is -0.800. The summed E-state index contributed by atoms with van der Waals surface area (Å²) >= 11 is 0. The Bertz CT molecular complexity index is 397. The summed E-state index contributed by atoms with van der Waals surface area (Å²) in [6.07, 6.45) is 2.94. The van der Waals surface area contributed by atoms with E-state index >= 15 is 0 Å². The van der Waals surface area contributed by atoms with Gasteiger partial charge in [0.15, 0.2) is 5.82 Å². The van der Waals surface area contributed by atoms with Gasteiger partial charge in [-0.3, -0.25) is 4.79 Å². The van der Waals surface area contributed by atoms with Crippen molar-refractivity contribution < 1.29 is 9.90 Å². The monoisotopic (exact) mass is 249 g/mol. The highest BCUT2D eigenvalue weighted by Crippen LogP contribution is 2.20. The molecule has 0 atom stereocenters. The number of hydrogen-bond acceptors (Lipinski definition) is 4. The highest BCUT2D eigenvalue weighted by molar-refractivity contribution is 5.66. The lowest BCUT2D eigenvalue weighted by atomic mass is 9.99. The van der Waals surface area contributed by atoms with Crippen LogP contribution in [0.4, 0.5) is 5.82 Å². The van der Waals surface area contributed by atoms with Gasteiger partial charge in [-0.2, -0.15) is 5.10 Å². The predicted molar refractivity (Wildman–Crippen MR) is 68.6 cm³/mol. The maximum atomic E-state index is 10.5. The molecule has 1 aliphatic rings. The molecule has 5 heteroatoms. The van der Waals surface area contributed by atoms with E-state index in [1.165, 1.54) is 12.8 Å². The number of aryl methyl sites for hydroxylation is 1. The van der Waals surface area contributed by atoms with Crippen LogP contribution in [0.2, 0.25) is 0 Å². The summed E-state index contributed by atoms with van der Waals surface area (Å²) in [6.45, 7) is 4.34. The lowest BCUT2D eigenvalue weighted by Crippen LogP contribution is -2.33. The Balaban J connectivity index is 1.93. The molecule has 1 aromatic rings. The molecule has 0 bridgehead atoms. The Hall–Kier alpha value is -1.65. The molecule has 0 amide bonds. The van der Waals surface area contributed by atoms with E-state index in [2.05, 4.69) is 22.0 Å². The number of carboxylic acids is 1. The molecule has 0 aliphatic carbocycles. The van der Waals surface area contributed by atoms with Gasteiger partial charge >= 0.3 is 5.97 Å². The molecule has 0 spiro atoms. The van der Waals surface area contributed by atoms with Crippen molar-refractivity contribution in [2.24, 2.45) is 5.92 Å². The molecule has 2 heterocycles. The molecule has 98 valence electrons. The summed E-state index contributed by atoms with van der Waals surface area (Å²) in [7, 11) is 0. The van der Waals surface area contributed by atoms with E-state index < -0.39 is 5.97 Å². The summed E-state index contributed by atoms with van der Waals surface area (Å²) in [6, 6.07) is 3.82. The average Bonchev–Trinajstić information content (AvgIpc) is 2.38. The molecule has 5 nitrogen and oxygen atoms in total. The lowest BCUT2D eigenvalue weighted by Gasteiger charge is -2.30. The fraction of sp³-hybridized carbons (Fsp3) is 0.615. The zero-order chi connectivity index (χ0) is 13.0. The van der Waals surface area contributed by atoms with E-state index in [9.17, 15) is 4.79 Å². The van der Waals surface area contributed by atoms with Gasteiger partial charge < -0.3 is 10.0 Å². The van der Waals surface area contributed by atoms with Crippen molar-refractivity contribution in [2.75, 3.05) is 18.0 Å². The highest BCUT2D eigenvalue weighted by atomic mass is 16.4. The molecule has 1 aromatic heterocycles. The summed E-state index contributed by atoms with van der Waals surface area (Å²) in [5, 5.41) is 16.9. The number of aliphatic carboxylic acids is 1. The molecule has 0 radical (unpaired) electrons. The number of piperidine rings is 1. The van der Waals surface area contributed by atoms with E-state index in [0.717, 1.165) is 30.5 Å². The molecule has 18 heavy (non-hydrogen) atoms. The zero-order valence-electron chi connectivity index (χ0n) is 10.7. The summed E-state index contributed by atoms with van der Waals surface area (Å²) < 4.78 is 0. The van der Waals surface area contributed by atoms with Gasteiger partial charge in [0.2, 0.25) is 0 Å². The quantitative estimate of drug-likeness (QED) is 0.880. The van der Waals surface area contributed by atoms with Gasteiger partial charge in [-0.25, -0.2) is 0 Å². The first-order valence-corrected chi connectivity index (χ1v) is 6.44. The Morgan fingerprint density at radius 3 is 2.67 bits per heavy atom. The second kappa shape index (κ2) is 5.80. The van der Waals surface area contributed by atoms with Crippen LogP contribution in [0, 0.1) is 5.92 Å². The predicted octanol–water partition coefficient (Wildman–Crippen LogP) is 1.73. The van der Waals surface area contributed by atoms with Crippen molar-refractivity contribution in [3.05, 3.63) is 17.8 Å². The molecule has 1 fully saturated rings. The van der Waals surface area contributed by atoms with Crippen LogP contribution in [0.25, 0.3) is 0 Å². The number of hydrogen-bond donors (Lipinski definition) is 1. The Morgan fingerprint density at radius 2 is 2.11 bits per heavy atom. The van der Waals surface area contributed by atoms with Crippen LogP contribution < -0.4 is 4.90 Å². The lowest BCUT2D eigenvalue weighted by molar-refractivity contribution is -0.136. The maximum absolute atomic E-state index is 10.5. The number of carbonyl (C=O) groups is 1. The molecule has 1 N–H and O–H groups in total. The third kappa shape index (κ3) is 3.42. The normalized spacial score (nSPS) is 16.8. The molecule has 1 aliphatic heterocycles. The average molecular weight is 249 g/mol. The van der Waals surface area contributed by atoms with Gasteiger partial charge in [0.25, 0.3) is 0 Å². The standard InChI is InChI=1S/C13H19N3O2/c1-10-6-8-16(9-7-10)12-4-2-11(14-15-12)3-5-13(17)18/h2,4,10H,3,5-9H2,1H3,(H,17,18). The van der Waals surface area contributed by atoms with Crippen molar-refractivity contribution >= 4 is 11.8 Å². The minimum Gasteiger partial charge on any atom is -0.481 e. The molecule has 2 rings (SSSR count). The van der Waals surface area contributed by atoms with Crippen LogP contribution in [0.15, 0.2) is 12.1 Å². The first-order valence-electron chi connectivity index (χ1n) is 6.44. The fourth-order valence-electron chi connectivity index (χ4n) is 2.13. The van der Waals surface area contributed by atoms with E-state index in [4.69, 9.17) is 5.11 Å². The van der Waals surface area contributed by atoms with E-state index in [-0.39, 0.29) is 6.42 Å². The molecular formula is C13H19N3O2. The summed E-state index contributed by atoms with van der Waals surface area (Å²) in [5.74, 6) is 0.899. The molecule has 1 saturated heterocycles. The maximum Gasteiger partial charge on any atom is 0.303 e. The highest BCUT2D eigenvalue weighted by Gasteiger charge is 2.17. The van der Waals surface area contributed by atoms with Gasteiger partial charge in [0.1, 0.15) is 0 Å². The van der Waals surface area contributed by atoms with Gasteiger partial charge in [-0.05, 0) is 30.9 Å². The van der Waals surface area contributed by atoms with Gasteiger partial charge in [0.05, 0.1) is 12.1 Å². The smallest absolute Gasteiger partial charge is 0.303 e. The summed E-state index contributed by atoms with van der Waals surface area (Å²) in [5.41, 5.74) is 0.742. The number of nitrogens with zero attached hydrogens (tertiary/aromatic N) is 3. The minimum absolute atomic E-state index is 0.106. The Kier molecular flexibility index (Phi) is 4.12. The van der Waals surface area contributed by atoms with Crippen LogP contribution in [0.3, 0.4) is 0 Å². The molecule has 0 saturated carbocycles. The van der Waals surface area contributed by atoms with Crippen molar-refractivity contribution in [3.63, 3.8) is 0 Å². The third-order valence-corrected chi connectivity index (χ3v) is 3.41. The van der Waals surface area contributed by atoms with E-state index in [1.807, 2.05) is 12.1 Å². The van der Waals surface area contributed by atoms with Crippen LogP contribution in [-0.2, 0) is 11.2 Å². The number of anilines is 1. The largest absolute Gasteiger partial charge is 0.481 e. The Labute approximate surface area is 107 Å². The number of aromatic nitrogens is 2. The van der Waals surface area contributed by atoms with Gasteiger partial charge in [-0.1, -0.05) is 6.92 Å². The van der Waals surface area contributed by atoms with Gasteiger partial charge in [0, 0.05) is 19.5 Å². The van der Waals surface area contributed by atoms with E-state index in [0.29, 0.717) is 6.42 Å². The Morgan fingerprint density at radius 1 is 1.39 bits per heavy atom. The van der Waals surface area contributed by atoms with Crippen LogP contribution >= 0.6 is 0 Å². The first kappa shape index (κ1) is 12.8. The topological polar surface area (TPSA) is 66.3 Å². The third-order valence-electron chi connectivity index (χ3n) is 3.41. The fourth-order valence-corrected chi connectivity index (χ4v) is 2.13. The second-order valence-corrected chi connectivity index (χ2v) is 4.95. The molecule has 0 aromatic carbocycles. The first-order chi connectivity index (χ1) is 8.65. The van der Waals surface area contributed by atoms with Crippen molar-refractivity contribution in [1.82, 2.24) is 10.2 Å². The zero-order valence-corrected chi connectivity index (χ0v) is 10.7. The van der Waals surface area contributed by atoms with E-state index in [1.54, 1.807) is 0 Å². The van der Waals surface area contributed by atoms with Crippen molar-refractivity contribution in [2.45, 2.75) is 32.6 Å².